The third-order valence-electron chi connectivity index (χ3n) is 2.20. The maximum atomic E-state index is 13.5. The lowest BCUT2D eigenvalue weighted by Crippen LogP contribution is -2.08. The lowest BCUT2D eigenvalue weighted by Gasteiger charge is -2.07. The fraction of sp³-hybridized carbons (Fsp3) is 0.100. The number of anilines is 1. The van der Waals surface area contributed by atoms with Gasteiger partial charge in [-0.2, -0.15) is 5.10 Å². The molecule has 3 nitrogen and oxygen atoms in total. The first-order chi connectivity index (χ1) is 7.59. The first-order valence-corrected chi connectivity index (χ1v) is 5.95. The Hall–Kier alpha value is -0.820. The van der Waals surface area contributed by atoms with E-state index in [1.807, 2.05) is 0 Å². The van der Waals surface area contributed by atoms with Gasteiger partial charge in [-0.05, 0) is 34.7 Å². The van der Waals surface area contributed by atoms with Crippen molar-refractivity contribution in [3.8, 4) is 0 Å². The lowest BCUT2D eigenvalue weighted by molar-refractivity contribution is 0.588. The zero-order valence-electron chi connectivity index (χ0n) is 8.12. The second-order valence-corrected chi connectivity index (χ2v) is 4.80. The van der Waals surface area contributed by atoms with Crippen LogP contribution in [0.25, 0.3) is 0 Å². The summed E-state index contributed by atoms with van der Waals surface area (Å²) in [5.41, 5.74) is 6.18. The van der Waals surface area contributed by atoms with E-state index in [0.717, 1.165) is 3.57 Å². The zero-order valence-corrected chi connectivity index (χ0v) is 11.0. The molecular formula is C10H8ClFIN3. The zero-order chi connectivity index (χ0) is 11.7. The average Bonchev–Trinajstić information content (AvgIpc) is 2.55. The van der Waals surface area contributed by atoms with Crippen molar-refractivity contribution < 1.29 is 4.39 Å². The second-order valence-electron chi connectivity index (χ2n) is 3.24. The van der Waals surface area contributed by atoms with Gasteiger partial charge in [0.25, 0.3) is 0 Å². The van der Waals surface area contributed by atoms with Crippen molar-refractivity contribution in [2.45, 2.75) is 6.54 Å². The molecule has 0 aliphatic heterocycles. The molecule has 84 valence electrons. The lowest BCUT2D eigenvalue weighted by atomic mass is 10.2. The summed E-state index contributed by atoms with van der Waals surface area (Å²) in [6.07, 6.45) is 1.63. The summed E-state index contributed by atoms with van der Waals surface area (Å²) in [5, 5.41) is 4.43. The first kappa shape index (κ1) is 11.7. The molecule has 0 atom stereocenters. The Morgan fingerprint density at radius 1 is 1.50 bits per heavy atom. The normalized spacial score (nSPS) is 10.7. The largest absolute Gasteiger partial charge is 0.383 e. The maximum Gasteiger partial charge on any atom is 0.135 e. The van der Waals surface area contributed by atoms with Gasteiger partial charge >= 0.3 is 0 Å². The summed E-state index contributed by atoms with van der Waals surface area (Å²) in [6.45, 7) is 0.236. The molecule has 1 aromatic heterocycles. The Balaban J connectivity index is 2.38. The number of hydrogen-bond donors (Lipinski definition) is 1. The van der Waals surface area contributed by atoms with Crippen LogP contribution in [0.1, 0.15) is 5.56 Å². The van der Waals surface area contributed by atoms with E-state index in [1.165, 1.54) is 10.7 Å². The van der Waals surface area contributed by atoms with Crippen LogP contribution in [-0.2, 0) is 6.54 Å². The minimum atomic E-state index is -0.350. The fourth-order valence-corrected chi connectivity index (χ4v) is 1.96. The van der Waals surface area contributed by atoms with E-state index in [4.69, 9.17) is 17.3 Å². The molecule has 1 aromatic carbocycles. The van der Waals surface area contributed by atoms with Crippen LogP contribution in [0.5, 0.6) is 0 Å². The van der Waals surface area contributed by atoms with Gasteiger partial charge in [0.1, 0.15) is 11.6 Å². The summed E-state index contributed by atoms with van der Waals surface area (Å²) >= 11 is 7.98. The van der Waals surface area contributed by atoms with Crippen molar-refractivity contribution >= 4 is 40.0 Å². The third kappa shape index (κ3) is 2.15. The van der Waals surface area contributed by atoms with E-state index in [9.17, 15) is 4.39 Å². The van der Waals surface area contributed by atoms with Gasteiger partial charge in [-0.1, -0.05) is 17.7 Å². The van der Waals surface area contributed by atoms with Crippen molar-refractivity contribution in [2.75, 3.05) is 5.73 Å². The van der Waals surface area contributed by atoms with Crippen LogP contribution in [0.3, 0.4) is 0 Å². The van der Waals surface area contributed by atoms with Crippen LogP contribution in [0.15, 0.2) is 24.4 Å². The van der Waals surface area contributed by atoms with Gasteiger partial charge in [0.05, 0.1) is 16.3 Å². The minimum absolute atomic E-state index is 0.236. The van der Waals surface area contributed by atoms with E-state index in [-0.39, 0.29) is 12.4 Å². The Kier molecular flexibility index (Phi) is 3.34. The summed E-state index contributed by atoms with van der Waals surface area (Å²) in [5.74, 6) is 0.164. The number of nitrogen functional groups attached to an aromatic ring is 1. The summed E-state index contributed by atoms with van der Waals surface area (Å²) < 4.78 is 15.9. The highest BCUT2D eigenvalue weighted by Crippen LogP contribution is 2.22. The predicted molar refractivity (Wildman–Crippen MR) is 69.9 cm³/mol. The monoisotopic (exact) mass is 351 g/mol. The molecule has 0 aliphatic rings. The molecule has 2 rings (SSSR count). The molecule has 0 radical (unpaired) electrons. The molecule has 0 spiro atoms. The highest BCUT2D eigenvalue weighted by atomic mass is 127. The molecule has 1 heterocycles. The molecule has 0 amide bonds. The molecule has 0 bridgehead atoms. The molecule has 16 heavy (non-hydrogen) atoms. The quantitative estimate of drug-likeness (QED) is 0.846. The molecule has 0 fully saturated rings. The molecular weight excluding hydrogens is 343 g/mol. The van der Waals surface area contributed by atoms with Crippen molar-refractivity contribution in [1.82, 2.24) is 9.78 Å². The highest BCUT2D eigenvalue weighted by Gasteiger charge is 2.11. The van der Waals surface area contributed by atoms with E-state index < -0.39 is 0 Å². The maximum absolute atomic E-state index is 13.5. The van der Waals surface area contributed by atoms with Crippen molar-refractivity contribution in [1.29, 1.82) is 0 Å². The van der Waals surface area contributed by atoms with E-state index >= 15 is 0 Å². The van der Waals surface area contributed by atoms with Crippen LogP contribution < -0.4 is 5.73 Å². The fourth-order valence-electron chi connectivity index (χ4n) is 1.33. The predicted octanol–water partition coefficient (Wildman–Crippen LogP) is 2.91. The van der Waals surface area contributed by atoms with E-state index in [0.29, 0.717) is 16.4 Å². The summed E-state index contributed by atoms with van der Waals surface area (Å²) in [7, 11) is 0. The van der Waals surface area contributed by atoms with Gasteiger partial charge in [-0.3, -0.25) is 0 Å². The van der Waals surface area contributed by atoms with Gasteiger partial charge in [-0.15, -0.1) is 0 Å². The van der Waals surface area contributed by atoms with Gasteiger partial charge in [0.2, 0.25) is 0 Å². The number of halogens is 3. The number of nitrogens with zero attached hydrogens (tertiary/aromatic N) is 2. The topological polar surface area (TPSA) is 43.8 Å². The number of nitrogens with two attached hydrogens (primary N) is 1. The Bertz CT molecular complexity index is 507. The smallest absolute Gasteiger partial charge is 0.135 e. The van der Waals surface area contributed by atoms with Gasteiger partial charge < -0.3 is 5.73 Å². The molecule has 2 aromatic rings. The highest BCUT2D eigenvalue weighted by molar-refractivity contribution is 14.1. The van der Waals surface area contributed by atoms with E-state index in [1.54, 1.807) is 18.3 Å². The Labute approximate surface area is 111 Å². The first-order valence-electron chi connectivity index (χ1n) is 4.49. The summed E-state index contributed by atoms with van der Waals surface area (Å²) in [6, 6.07) is 4.58. The molecule has 6 heteroatoms. The number of aromatic nitrogens is 2. The van der Waals surface area contributed by atoms with Crippen LogP contribution in [-0.4, -0.2) is 9.78 Å². The van der Waals surface area contributed by atoms with Crippen LogP contribution in [0.2, 0.25) is 5.02 Å². The Morgan fingerprint density at radius 3 is 2.81 bits per heavy atom. The van der Waals surface area contributed by atoms with Gasteiger partial charge in [0, 0.05) is 10.6 Å². The third-order valence-corrected chi connectivity index (χ3v) is 3.39. The summed E-state index contributed by atoms with van der Waals surface area (Å²) in [4.78, 5) is 0. The molecule has 0 unspecified atom stereocenters. The van der Waals surface area contributed by atoms with Crippen LogP contribution in [0.4, 0.5) is 10.2 Å². The van der Waals surface area contributed by atoms with Crippen molar-refractivity contribution in [3.05, 3.63) is 44.4 Å². The number of rotatable bonds is 2. The van der Waals surface area contributed by atoms with Gasteiger partial charge in [0.15, 0.2) is 0 Å². The number of hydrogen-bond acceptors (Lipinski definition) is 2. The standard InChI is InChI=1S/C10H8ClFIN3/c11-7-2-1-3-8(12)6(7)5-16-10(14)9(13)4-15-16/h1-4H,5,14H2. The van der Waals surface area contributed by atoms with Crippen LogP contribution >= 0.6 is 34.2 Å². The molecule has 2 N–H and O–H groups in total. The molecule has 0 saturated carbocycles. The SMILES string of the molecule is Nc1c(I)cnn1Cc1c(F)cccc1Cl. The van der Waals surface area contributed by atoms with Crippen LogP contribution in [0, 0.1) is 9.39 Å². The second kappa shape index (κ2) is 4.58. The van der Waals surface area contributed by atoms with Crippen molar-refractivity contribution in [3.63, 3.8) is 0 Å². The average molecular weight is 352 g/mol. The Morgan fingerprint density at radius 2 is 2.25 bits per heavy atom. The molecule has 0 aliphatic carbocycles. The van der Waals surface area contributed by atoms with Gasteiger partial charge in [-0.25, -0.2) is 9.07 Å². The molecule has 0 saturated heterocycles. The van der Waals surface area contributed by atoms with E-state index in [2.05, 4.69) is 27.7 Å². The number of benzene rings is 1. The van der Waals surface area contributed by atoms with Crippen molar-refractivity contribution in [2.24, 2.45) is 0 Å². The minimum Gasteiger partial charge on any atom is -0.383 e.